The third-order valence-corrected chi connectivity index (χ3v) is 2.73. The summed E-state index contributed by atoms with van der Waals surface area (Å²) >= 11 is 0. The molecule has 0 aliphatic rings. The van der Waals surface area contributed by atoms with Gasteiger partial charge in [0.15, 0.2) is 0 Å². The van der Waals surface area contributed by atoms with Crippen LogP contribution in [0.25, 0.3) is 0 Å². The second-order valence-electron chi connectivity index (χ2n) is 4.84. The van der Waals surface area contributed by atoms with Gasteiger partial charge in [-0.3, -0.25) is 4.79 Å². The summed E-state index contributed by atoms with van der Waals surface area (Å²) in [4.78, 5) is 16.0. The van der Waals surface area contributed by atoms with Crippen LogP contribution in [0, 0.1) is 5.92 Å². The number of hydrogen-bond donors (Lipinski definition) is 1. The number of rotatable bonds is 7. The minimum absolute atomic E-state index is 0.0799. The maximum atomic E-state index is 12.0. The molecule has 0 radical (unpaired) electrons. The topological polar surface area (TPSA) is 49.6 Å². The fourth-order valence-corrected chi connectivity index (χ4v) is 1.50. The Hall–Kier alpha value is -0.610. The van der Waals surface area contributed by atoms with Crippen LogP contribution < -0.4 is 5.73 Å². The summed E-state index contributed by atoms with van der Waals surface area (Å²) in [5.41, 5.74) is 5.87. The average molecular weight is 229 g/mol. The molecule has 4 nitrogen and oxygen atoms in total. The molecule has 16 heavy (non-hydrogen) atoms. The predicted octanol–water partition coefficient (Wildman–Crippen LogP) is 0.770. The summed E-state index contributed by atoms with van der Waals surface area (Å²) in [6.45, 7) is 8.51. The molecule has 0 fully saturated rings. The van der Waals surface area contributed by atoms with Crippen LogP contribution in [0.5, 0.6) is 0 Å². The van der Waals surface area contributed by atoms with Gasteiger partial charge >= 0.3 is 0 Å². The summed E-state index contributed by atoms with van der Waals surface area (Å²) < 4.78 is 0. The summed E-state index contributed by atoms with van der Waals surface area (Å²) in [6, 6.07) is -0.362. The summed E-state index contributed by atoms with van der Waals surface area (Å²) in [7, 11) is 4.08. The number of likely N-dealkylation sites (N-methyl/N-ethyl adjacent to an activating group) is 1. The fourth-order valence-electron chi connectivity index (χ4n) is 1.50. The Kier molecular flexibility index (Phi) is 7.34. The molecule has 0 heterocycles. The number of nitrogens with two attached hydrogens (primary N) is 1. The zero-order valence-corrected chi connectivity index (χ0v) is 11.4. The Morgan fingerprint density at radius 3 is 2.19 bits per heavy atom. The van der Waals surface area contributed by atoms with Crippen LogP contribution in [0.4, 0.5) is 0 Å². The number of carbonyl (C=O) groups excluding carboxylic acids is 1. The molecule has 2 N–H and O–H groups in total. The fraction of sp³-hybridized carbons (Fsp3) is 0.917. The van der Waals surface area contributed by atoms with E-state index in [1.807, 2.05) is 39.8 Å². The number of carbonyl (C=O) groups is 1. The van der Waals surface area contributed by atoms with Crippen LogP contribution in [0.15, 0.2) is 0 Å². The second kappa shape index (κ2) is 7.63. The lowest BCUT2D eigenvalue weighted by atomic mass is 10.0. The monoisotopic (exact) mass is 229 g/mol. The van der Waals surface area contributed by atoms with Gasteiger partial charge in [0.1, 0.15) is 0 Å². The first-order valence-corrected chi connectivity index (χ1v) is 6.09. The first kappa shape index (κ1) is 15.4. The molecular weight excluding hydrogens is 202 g/mol. The van der Waals surface area contributed by atoms with Crippen molar-refractivity contribution in [1.82, 2.24) is 9.80 Å². The van der Waals surface area contributed by atoms with Crippen molar-refractivity contribution < 1.29 is 4.79 Å². The molecular formula is C12H27N3O. The normalized spacial score (nSPS) is 13.2. The Labute approximate surface area is 99.8 Å². The molecule has 0 aliphatic carbocycles. The van der Waals surface area contributed by atoms with Crippen molar-refractivity contribution in [3.05, 3.63) is 0 Å². The van der Waals surface area contributed by atoms with Gasteiger partial charge in [-0.15, -0.1) is 0 Å². The third kappa shape index (κ3) is 5.47. The first-order valence-electron chi connectivity index (χ1n) is 6.09. The van der Waals surface area contributed by atoms with Crippen molar-refractivity contribution in [2.45, 2.75) is 33.2 Å². The Bertz CT molecular complexity index is 204. The SMILES string of the molecule is CCN(CCCN(C)C)C(=O)[C@@H](N)C(C)C. The van der Waals surface area contributed by atoms with Gasteiger partial charge in [0.2, 0.25) is 5.91 Å². The van der Waals surface area contributed by atoms with E-state index in [4.69, 9.17) is 5.73 Å². The molecule has 1 amide bonds. The van der Waals surface area contributed by atoms with Crippen LogP contribution in [-0.4, -0.2) is 55.5 Å². The quantitative estimate of drug-likeness (QED) is 0.701. The molecule has 0 aromatic carbocycles. The van der Waals surface area contributed by atoms with Gasteiger partial charge in [-0.1, -0.05) is 13.8 Å². The van der Waals surface area contributed by atoms with Crippen molar-refractivity contribution in [2.75, 3.05) is 33.7 Å². The van der Waals surface area contributed by atoms with Crippen molar-refractivity contribution in [3.8, 4) is 0 Å². The average Bonchev–Trinajstić information content (AvgIpc) is 2.21. The zero-order chi connectivity index (χ0) is 12.7. The van der Waals surface area contributed by atoms with Crippen LogP contribution in [0.3, 0.4) is 0 Å². The highest BCUT2D eigenvalue weighted by Crippen LogP contribution is 2.04. The molecule has 0 bridgehead atoms. The summed E-state index contributed by atoms with van der Waals surface area (Å²) in [5.74, 6) is 0.284. The predicted molar refractivity (Wildman–Crippen MR) is 68.2 cm³/mol. The van der Waals surface area contributed by atoms with E-state index in [9.17, 15) is 4.79 Å². The summed E-state index contributed by atoms with van der Waals surface area (Å²) in [6.07, 6.45) is 0.997. The van der Waals surface area contributed by atoms with Crippen LogP contribution in [0.1, 0.15) is 27.2 Å². The highest BCUT2D eigenvalue weighted by Gasteiger charge is 2.21. The smallest absolute Gasteiger partial charge is 0.239 e. The largest absolute Gasteiger partial charge is 0.342 e. The zero-order valence-electron chi connectivity index (χ0n) is 11.4. The molecule has 0 aliphatic heterocycles. The maximum Gasteiger partial charge on any atom is 0.239 e. The lowest BCUT2D eigenvalue weighted by Crippen LogP contribution is -2.47. The molecule has 0 spiro atoms. The Morgan fingerprint density at radius 1 is 1.25 bits per heavy atom. The second-order valence-corrected chi connectivity index (χ2v) is 4.84. The maximum absolute atomic E-state index is 12.0. The molecule has 0 rings (SSSR count). The van der Waals surface area contributed by atoms with E-state index in [-0.39, 0.29) is 17.9 Å². The Morgan fingerprint density at radius 2 is 1.81 bits per heavy atom. The Balaban J connectivity index is 4.11. The van der Waals surface area contributed by atoms with Crippen molar-refractivity contribution in [1.29, 1.82) is 0 Å². The molecule has 0 saturated carbocycles. The van der Waals surface area contributed by atoms with Crippen LogP contribution >= 0.6 is 0 Å². The summed E-state index contributed by atoms with van der Waals surface area (Å²) in [5, 5.41) is 0. The number of amides is 1. The van der Waals surface area contributed by atoms with Gasteiger partial charge in [0.05, 0.1) is 6.04 Å². The van der Waals surface area contributed by atoms with E-state index >= 15 is 0 Å². The van der Waals surface area contributed by atoms with Crippen molar-refractivity contribution in [3.63, 3.8) is 0 Å². The van der Waals surface area contributed by atoms with Gasteiger partial charge in [-0.05, 0) is 39.9 Å². The van der Waals surface area contributed by atoms with E-state index in [0.717, 1.165) is 26.1 Å². The van der Waals surface area contributed by atoms with Crippen LogP contribution in [-0.2, 0) is 4.79 Å². The van der Waals surface area contributed by atoms with Crippen molar-refractivity contribution >= 4 is 5.91 Å². The van der Waals surface area contributed by atoms with Crippen LogP contribution in [0.2, 0.25) is 0 Å². The van der Waals surface area contributed by atoms with Gasteiger partial charge in [-0.2, -0.15) is 0 Å². The molecule has 0 unspecified atom stereocenters. The highest BCUT2D eigenvalue weighted by molar-refractivity contribution is 5.81. The minimum atomic E-state index is -0.362. The van der Waals surface area contributed by atoms with E-state index in [1.165, 1.54) is 0 Å². The van der Waals surface area contributed by atoms with Gasteiger partial charge in [-0.25, -0.2) is 0 Å². The first-order chi connectivity index (χ1) is 7.40. The molecule has 1 atom stereocenters. The van der Waals surface area contributed by atoms with Crippen molar-refractivity contribution in [2.24, 2.45) is 11.7 Å². The lowest BCUT2D eigenvalue weighted by molar-refractivity contribution is -0.133. The van der Waals surface area contributed by atoms with E-state index in [1.54, 1.807) is 0 Å². The minimum Gasteiger partial charge on any atom is -0.342 e. The number of hydrogen-bond acceptors (Lipinski definition) is 3. The molecule has 0 aromatic rings. The lowest BCUT2D eigenvalue weighted by Gasteiger charge is -2.26. The van der Waals surface area contributed by atoms with Gasteiger partial charge < -0.3 is 15.5 Å². The van der Waals surface area contributed by atoms with Gasteiger partial charge in [0, 0.05) is 13.1 Å². The van der Waals surface area contributed by atoms with E-state index in [0.29, 0.717) is 0 Å². The molecule has 0 aromatic heterocycles. The van der Waals surface area contributed by atoms with E-state index < -0.39 is 0 Å². The molecule has 96 valence electrons. The van der Waals surface area contributed by atoms with E-state index in [2.05, 4.69) is 4.90 Å². The third-order valence-electron chi connectivity index (χ3n) is 2.73. The molecule has 4 heteroatoms. The number of nitrogens with zero attached hydrogens (tertiary/aromatic N) is 2. The van der Waals surface area contributed by atoms with Gasteiger partial charge in [0.25, 0.3) is 0 Å². The standard InChI is InChI=1S/C12H27N3O/c1-6-15(9-7-8-14(4)5)12(16)11(13)10(2)3/h10-11H,6-9,13H2,1-5H3/t11-/m0/s1. The highest BCUT2D eigenvalue weighted by atomic mass is 16.2. The molecule has 0 saturated heterocycles.